The van der Waals surface area contributed by atoms with Crippen LogP contribution in [-0.2, 0) is 0 Å². The third-order valence-electron chi connectivity index (χ3n) is 1.71. The lowest BCUT2D eigenvalue weighted by atomic mass is 10.1. The molecule has 0 amide bonds. The lowest BCUT2D eigenvalue weighted by Gasteiger charge is -1.97. The fourth-order valence-electron chi connectivity index (χ4n) is 1.06. The summed E-state index contributed by atoms with van der Waals surface area (Å²) < 4.78 is 0. The van der Waals surface area contributed by atoms with E-state index in [0.717, 1.165) is 6.42 Å². The minimum absolute atomic E-state index is 1.14. The fraction of sp³-hybridized carbons (Fsp3) is 0.636. The van der Waals surface area contributed by atoms with Crippen LogP contribution in [0.15, 0.2) is 23.8 Å². The largest absolute Gasteiger partial charge is 0.100 e. The highest BCUT2D eigenvalue weighted by molar-refractivity contribution is 5.00. The second-order valence-electron chi connectivity index (χ2n) is 3.30. The molecule has 0 radical (unpaired) electrons. The summed E-state index contributed by atoms with van der Waals surface area (Å²) in [7, 11) is 0. The lowest BCUT2D eigenvalue weighted by molar-refractivity contribution is 0.882. The Morgan fingerprint density at radius 2 is 1.91 bits per heavy atom. The van der Waals surface area contributed by atoms with Gasteiger partial charge in [0.2, 0.25) is 0 Å². The van der Waals surface area contributed by atoms with Gasteiger partial charge in [-0.05, 0) is 33.1 Å². The molecule has 0 heteroatoms. The van der Waals surface area contributed by atoms with Gasteiger partial charge in [-0.1, -0.05) is 30.6 Å². The minimum atomic E-state index is 1.14. The average molecular weight is 152 g/mol. The van der Waals surface area contributed by atoms with Gasteiger partial charge in [-0.15, -0.1) is 6.58 Å². The van der Waals surface area contributed by atoms with Gasteiger partial charge in [-0.2, -0.15) is 0 Å². The number of hydrogen-bond donors (Lipinski definition) is 0. The Bertz CT molecular complexity index is 140. The Hall–Kier alpha value is -0.520. The molecule has 64 valence electrons. The van der Waals surface area contributed by atoms with Crippen molar-refractivity contribution >= 4 is 0 Å². The van der Waals surface area contributed by atoms with Gasteiger partial charge in [0.25, 0.3) is 0 Å². The SMILES string of the molecule is C=C(C)CC/C=C(/C)CCC. The Labute approximate surface area is 71.0 Å². The molecule has 0 saturated carbocycles. The van der Waals surface area contributed by atoms with Crippen LogP contribution in [0, 0.1) is 0 Å². The maximum absolute atomic E-state index is 3.87. The fourth-order valence-corrected chi connectivity index (χ4v) is 1.06. The third kappa shape index (κ3) is 7.38. The van der Waals surface area contributed by atoms with E-state index in [-0.39, 0.29) is 0 Å². The van der Waals surface area contributed by atoms with Crippen LogP contribution in [0.2, 0.25) is 0 Å². The summed E-state index contributed by atoms with van der Waals surface area (Å²) in [6.45, 7) is 10.4. The first kappa shape index (κ1) is 10.5. The van der Waals surface area contributed by atoms with E-state index >= 15 is 0 Å². The van der Waals surface area contributed by atoms with E-state index in [1.165, 1.54) is 30.4 Å². The first-order valence-corrected chi connectivity index (χ1v) is 4.46. The predicted octanol–water partition coefficient (Wildman–Crippen LogP) is 4.09. The van der Waals surface area contributed by atoms with Crippen molar-refractivity contribution in [2.24, 2.45) is 0 Å². The molecule has 0 aromatic rings. The summed E-state index contributed by atoms with van der Waals surface area (Å²) >= 11 is 0. The molecular formula is C11H20. The maximum atomic E-state index is 3.87. The molecule has 0 aromatic heterocycles. The van der Waals surface area contributed by atoms with E-state index in [9.17, 15) is 0 Å². The highest BCUT2D eigenvalue weighted by Crippen LogP contribution is 2.08. The van der Waals surface area contributed by atoms with Crippen LogP contribution in [0.1, 0.15) is 46.5 Å². The molecule has 0 bridgehead atoms. The van der Waals surface area contributed by atoms with E-state index in [4.69, 9.17) is 0 Å². The van der Waals surface area contributed by atoms with Crippen LogP contribution < -0.4 is 0 Å². The Balaban J connectivity index is 3.47. The standard InChI is InChI=1S/C11H20/c1-5-7-11(4)9-6-8-10(2)3/h9H,2,5-8H2,1,3-4H3/b11-9-. The van der Waals surface area contributed by atoms with Gasteiger partial charge in [-0.25, -0.2) is 0 Å². The van der Waals surface area contributed by atoms with Gasteiger partial charge in [0, 0.05) is 0 Å². The molecule has 0 N–H and O–H groups in total. The van der Waals surface area contributed by atoms with Crippen LogP contribution in [-0.4, -0.2) is 0 Å². The van der Waals surface area contributed by atoms with Crippen LogP contribution in [0.3, 0.4) is 0 Å². The molecule has 0 rings (SSSR count). The zero-order valence-corrected chi connectivity index (χ0v) is 8.11. The van der Waals surface area contributed by atoms with Crippen molar-refractivity contribution < 1.29 is 0 Å². The van der Waals surface area contributed by atoms with Crippen LogP contribution in [0.5, 0.6) is 0 Å². The molecule has 0 saturated heterocycles. The summed E-state index contributed by atoms with van der Waals surface area (Å²) in [6, 6.07) is 0. The molecule has 0 aromatic carbocycles. The van der Waals surface area contributed by atoms with Crippen molar-refractivity contribution in [1.29, 1.82) is 0 Å². The lowest BCUT2D eigenvalue weighted by Crippen LogP contribution is -1.77. The molecule has 0 aliphatic rings. The molecule has 0 unspecified atom stereocenters. The van der Waals surface area contributed by atoms with Gasteiger partial charge in [0.05, 0.1) is 0 Å². The van der Waals surface area contributed by atoms with Crippen molar-refractivity contribution in [2.45, 2.75) is 46.5 Å². The van der Waals surface area contributed by atoms with E-state index in [2.05, 4.69) is 33.4 Å². The van der Waals surface area contributed by atoms with Crippen LogP contribution in [0.4, 0.5) is 0 Å². The molecule has 0 aliphatic heterocycles. The summed E-state index contributed by atoms with van der Waals surface area (Å²) in [4.78, 5) is 0. The average Bonchev–Trinajstić information content (AvgIpc) is 1.87. The van der Waals surface area contributed by atoms with Crippen molar-refractivity contribution in [2.75, 3.05) is 0 Å². The molecular weight excluding hydrogens is 132 g/mol. The van der Waals surface area contributed by atoms with Gasteiger partial charge < -0.3 is 0 Å². The smallest absolute Gasteiger partial charge is 0.0291 e. The Morgan fingerprint density at radius 1 is 1.27 bits per heavy atom. The van der Waals surface area contributed by atoms with Gasteiger partial charge in [0.1, 0.15) is 0 Å². The van der Waals surface area contributed by atoms with E-state index in [1.807, 2.05) is 0 Å². The molecule has 11 heavy (non-hydrogen) atoms. The normalized spacial score (nSPS) is 11.7. The van der Waals surface area contributed by atoms with Crippen molar-refractivity contribution in [3.63, 3.8) is 0 Å². The highest BCUT2D eigenvalue weighted by atomic mass is 13.9. The summed E-state index contributed by atoms with van der Waals surface area (Å²) in [5.74, 6) is 0. The van der Waals surface area contributed by atoms with Gasteiger partial charge in [0.15, 0.2) is 0 Å². The summed E-state index contributed by atoms with van der Waals surface area (Å²) in [6.07, 6.45) is 7.14. The first-order chi connectivity index (χ1) is 5.16. The van der Waals surface area contributed by atoms with Crippen LogP contribution in [0.25, 0.3) is 0 Å². The number of rotatable bonds is 5. The summed E-state index contributed by atoms with van der Waals surface area (Å²) in [5.41, 5.74) is 2.80. The van der Waals surface area contributed by atoms with E-state index in [1.54, 1.807) is 0 Å². The third-order valence-corrected chi connectivity index (χ3v) is 1.71. The maximum Gasteiger partial charge on any atom is -0.0291 e. The molecule has 0 fully saturated rings. The predicted molar refractivity (Wildman–Crippen MR) is 52.7 cm³/mol. The molecule has 0 spiro atoms. The zero-order valence-electron chi connectivity index (χ0n) is 8.11. The molecule has 0 nitrogen and oxygen atoms in total. The van der Waals surface area contributed by atoms with Gasteiger partial charge >= 0.3 is 0 Å². The molecule has 0 atom stereocenters. The minimum Gasteiger partial charge on any atom is -0.100 e. The quantitative estimate of drug-likeness (QED) is 0.520. The second kappa shape index (κ2) is 6.21. The monoisotopic (exact) mass is 152 g/mol. The van der Waals surface area contributed by atoms with E-state index < -0.39 is 0 Å². The van der Waals surface area contributed by atoms with Crippen molar-refractivity contribution in [1.82, 2.24) is 0 Å². The highest BCUT2D eigenvalue weighted by Gasteiger charge is 1.87. The second-order valence-corrected chi connectivity index (χ2v) is 3.30. The molecule has 0 heterocycles. The topological polar surface area (TPSA) is 0 Å². The number of allylic oxidation sites excluding steroid dienone is 3. The van der Waals surface area contributed by atoms with Crippen molar-refractivity contribution in [3.05, 3.63) is 23.8 Å². The summed E-state index contributed by atoms with van der Waals surface area (Å²) in [5, 5.41) is 0. The van der Waals surface area contributed by atoms with Crippen LogP contribution >= 0.6 is 0 Å². The Kier molecular flexibility index (Phi) is 5.91. The van der Waals surface area contributed by atoms with Gasteiger partial charge in [-0.3, -0.25) is 0 Å². The van der Waals surface area contributed by atoms with E-state index in [0.29, 0.717) is 0 Å². The van der Waals surface area contributed by atoms with Crippen molar-refractivity contribution in [3.8, 4) is 0 Å². The first-order valence-electron chi connectivity index (χ1n) is 4.46. The number of hydrogen-bond acceptors (Lipinski definition) is 0. The molecule has 0 aliphatic carbocycles. The zero-order chi connectivity index (χ0) is 8.69. The Morgan fingerprint density at radius 3 is 2.36 bits per heavy atom.